The van der Waals surface area contributed by atoms with Gasteiger partial charge in [-0.05, 0) is 48.4 Å². The van der Waals surface area contributed by atoms with Gasteiger partial charge in [0, 0.05) is 39.9 Å². The minimum Gasteiger partial charge on any atom is -0.406 e. The summed E-state index contributed by atoms with van der Waals surface area (Å²) in [5.74, 6) is -1.15. The molecule has 3 heterocycles. The molecular weight excluding hydrogens is 596 g/mol. The maximum absolute atomic E-state index is 13.9. The molecule has 0 saturated carbocycles. The maximum atomic E-state index is 13.9. The third-order valence-corrected chi connectivity index (χ3v) is 8.63. The number of carbonyl (C=O) groups is 1. The van der Waals surface area contributed by atoms with Crippen LogP contribution in [0.2, 0.25) is 25.7 Å². The molecule has 0 bridgehead atoms. The number of ether oxygens (including phenoxy) is 2. The molecule has 1 amide bonds. The summed E-state index contributed by atoms with van der Waals surface area (Å²) >= 11 is 0. The molecule has 9 nitrogen and oxygen atoms in total. The van der Waals surface area contributed by atoms with Crippen molar-refractivity contribution in [2.45, 2.75) is 45.2 Å². The average Bonchev–Trinajstić information content (AvgIpc) is 3.46. The Labute approximate surface area is 251 Å². The number of benzene rings is 2. The van der Waals surface area contributed by atoms with Crippen LogP contribution in [0.15, 0.2) is 54.9 Å². The van der Waals surface area contributed by atoms with E-state index >= 15 is 0 Å². The molecule has 14 heteroatoms. The summed E-state index contributed by atoms with van der Waals surface area (Å²) in [6, 6.07) is 10.9. The number of halogens is 4. The fourth-order valence-electron chi connectivity index (χ4n) is 4.71. The number of amides is 1. The number of alkyl halides is 3. The van der Waals surface area contributed by atoms with Crippen molar-refractivity contribution < 1.29 is 31.8 Å². The van der Waals surface area contributed by atoms with Gasteiger partial charge < -0.3 is 19.4 Å². The van der Waals surface area contributed by atoms with Crippen molar-refractivity contribution in [3.63, 3.8) is 0 Å². The molecule has 0 unspecified atom stereocenters. The monoisotopic (exact) mass is 628 g/mol. The predicted molar refractivity (Wildman–Crippen MR) is 160 cm³/mol. The van der Waals surface area contributed by atoms with Gasteiger partial charge in [0.1, 0.15) is 35.2 Å². The molecule has 5 aromatic rings. The van der Waals surface area contributed by atoms with Crippen LogP contribution in [0, 0.1) is 5.82 Å². The number of rotatable bonds is 11. The van der Waals surface area contributed by atoms with Crippen molar-refractivity contribution in [3.05, 3.63) is 71.8 Å². The van der Waals surface area contributed by atoms with E-state index in [1.807, 2.05) is 0 Å². The number of carbonyl (C=O) groups excluding carboxylic acids is 1. The summed E-state index contributed by atoms with van der Waals surface area (Å²) in [5, 5.41) is 8.03. The molecule has 1 N–H and O–H groups in total. The standard InChI is InChI=1S/C30H32F4N6O3Si/c1-39-25-15-20(31)8-9-22(25)26(38-39)24-16-36-28-27(37-24)23(17-40(28)18-42-12-13-44(2,3)4)29(41)35-11-10-19-6-5-7-21(14-19)43-30(32,33)34/h5-9,14-17H,10-13,18H2,1-4H3,(H,35,41). The Kier molecular flexibility index (Phi) is 8.75. The van der Waals surface area contributed by atoms with Crippen LogP contribution in [0.25, 0.3) is 33.5 Å². The van der Waals surface area contributed by atoms with Crippen LogP contribution < -0.4 is 10.1 Å². The van der Waals surface area contributed by atoms with E-state index < -0.39 is 26.2 Å². The maximum Gasteiger partial charge on any atom is 0.573 e. The van der Waals surface area contributed by atoms with E-state index in [2.05, 4.69) is 39.8 Å². The molecule has 0 radical (unpaired) electrons. The summed E-state index contributed by atoms with van der Waals surface area (Å²) in [6.45, 7) is 7.65. The Morgan fingerprint density at radius 1 is 1.11 bits per heavy atom. The third-order valence-electron chi connectivity index (χ3n) is 6.92. The van der Waals surface area contributed by atoms with E-state index in [1.54, 1.807) is 40.8 Å². The van der Waals surface area contributed by atoms with Crippen molar-refractivity contribution in [1.29, 1.82) is 0 Å². The topological polar surface area (TPSA) is 96.1 Å². The van der Waals surface area contributed by atoms with Gasteiger partial charge in [-0.3, -0.25) is 9.48 Å². The lowest BCUT2D eigenvalue weighted by Gasteiger charge is -2.15. The predicted octanol–water partition coefficient (Wildman–Crippen LogP) is 6.31. The van der Waals surface area contributed by atoms with Crippen LogP contribution >= 0.6 is 0 Å². The van der Waals surface area contributed by atoms with E-state index in [-0.39, 0.29) is 31.0 Å². The molecule has 2 aromatic carbocycles. The van der Waals surface area contributed by atoms with Crippen molar-refractivity contribution >= 4 is 36.0 Å². The minimum absolute atomic E-state index is 0.150. The highest BCUT2D eigenvalue weighted by molar-refractivity contribution is 6.76. The highest BCUT2D eigenvalue weighted by Gasteiger charge is 2.31. The first-order chi connectivity index (χ1) is 20.8. The number of fused-ring (bicyclic) bond motifs is 2. The van der Waals surface area contributed by atoms with E-state index in [4.69, 9.17) is 9.72 Å². The lowest BCUT2D eigenvalue weighted by molar-refractivity contribution is -0.274. The molecule has 0 saturated heterocycles. The highest BCUT2D eigenvalue weighted by Crippen LogP contribution is 2.29. The minimum atomic E-state index is -4.79. The number of hydrogen-bond acceptors (Lipinski definition) is 6. The smallest absolute Gasteiger partial charge is 0.406 e. The molecule has 0 aliphatic heterocycles. The van der Waals surface area contributed by atoms with E-state index in [0.717, 1.165) is 6.04 Å². The van der Waals surface area contributed by atoms with Crippen molar-refractivity contribution in [3.8, 4) is 17.1 Å². The Hall–Kier alpha value is -4.30. The number of nitrogens with one attached hydrogen (secondary N) is 1. The number of aromatic nitrogens is 5. The molecular formula is C30H32F4N6O3Si. The Morgan fingerprint density at radius 3 is 2.66 bits per heavy atom. The Morgan fingerprint density at radius 2 is 1.91 bits per heavy atom. The van der Waals surface area contributed by atoms with E-state index in [9.17, 15) is 22.4 Å². The van der Waals surface area contributed by atoms with Crippen molar-refractivity contribution in [2.75, 3.05) is 13.2 Å². The van der Waals surface area contributed by atoms with E-state index in [0.29, 0.717) is 45.6 Å². The zero-order valence-electron chi connectivity index (χ0n) is 24.7. The first kappa shape index (κ1) is 31.1. The summed E-state index contributed by atoms with van der Waals surface area (Å²) in [6.07, 6.45) is -1.34. The van der Waals surface area contributed by atoms with Crippen molar-refractivity contribution in [2.24, 2.45) is 7.05 Å². The van der Waals surface area contributed by atoms with Gasteiger partial charge in [-0.1, -0.05) is 31.8 Å². The quantitative estimate of drug-likeness (QED) is 0.105. The van der Waals surface area contributed by atoms with Crippen molar-refractivity contribution in [1.82, 2.24) is 29.6 Å². The lowest BCUT2D eigenvalue weighted by Crippen LogP contribution is -2.25. The van der Waals surface area contributed by atoms with Gasteiger partial charge in [0.05, 0.1) is 17.3 Å². The first-order valence-electron chi connectivity index (χ1n) is 14.0. The SMILES string of the molecule is Cn1nc(-c2cnc3c(n2)c(C(=O)NCCc2cccc(OC(F)(F)F)c2)cn3COCC[Si](C)(C)C)c2ccc(F)cc21. The van der Waals surface area contributed by atoms with Gasteiger partial charge in [-0.15, -0.1) is 13.2 Å². The van der Waals surface area contributed by atoms with Crippen LogP contribution in [0.4, 0.5) is 17.6 Å². The molecule has 0 fully saturated rings. The molecule has 0 atom stereocenters. The Bertz CT molecular complexity index is 1810. The average molecular weight is 629 g/mol. The van der Waals surface area contributed by atoms with E-state index in [1.165, 1.54) is 30.3 Å². The normalized spacial score (nSPS) is 12.3. The molecule has 3 aromatic heterocycles. The molecule has 0 aliphatic carbocycles. The number of aryl methyl sites for hydroxylation is 1. The summed E-state index contributed by atoms with van der Waals surface area (Å²) in [7, 11) is 0.392. The highest BCUT2D eigenvalue weighted by atomic mass is 28.3. The third kappa shape index (κ3) is 7.42. The number of nitrogens with zero attached hydrogens (tertiary/aromatic N) is 5. The largest absolute Gasteiger partial charge is 0.573 e. The molecule has 0 spiro atoms. The Balaban J connectivity index is 1.41. The zero-order chi connectivity index (χ0) is 31.6. The van der Waals surface area contributed by atoms with Gasteiger partial charge in [-0.2, -0.15) is 5.10 Å². The lowest BCUT2D eigenvalue weighted by atomic mass is 10.1. The van der Waals surface area contributed by atoms with Gasteiger partial charge in [0.25, 0.3) is 5.91 Å². The first-order valence-corrected chi connectivity index (χ1v) is 17.7. The number of hydrogen-bond donors (Lipinski definition) is 1. The zero-order valence-corrected chi connectivity index (χ0v) is 25.7. The van der Waals surface area contributed by atoms with Crippen LogP contribution in [-0.2, 0) is 24.9 Å². The second kappa shape index (κ2) is 12.4. The molecule has 0 aliphatic rings. The van der Waals surface area contributed by atoms with Crippen LogP contribution in [0.5, 0.6) is 5.75 Å². The van der Waals surface area contributed by atoms with Crippen LogP contribution in [-0.4, -0.2) is 57.8 Å². The summed E-state index contributed by atoms with van der Waals surface area (Å²) in [4.78, 5) is 22.8. The summed E-state index contributed by atoms with van der Waals surface area (Å²) < 4.78 is 64.9. The second-order valence-corrected chi connectivity index (χ2v) is 17.2. The summed E-state index contributed by atoms with van der Waals surface area (Å²) in [5.41, 5.74) is 3.06. The van der Waals surface area contributed by atoms with Crippen LogP contribution in [0.3, 0.4) is 0 Å². The molecule has 44 heavy (non-hydrogen) atoms. The van der Waals surface area contributed by atoms with Gasteiger partial charge in [-0.25, -0.2) is 14.4 Å². The molecule has 232 valence electrons. The van der Waals surface area contributed by atoms with Gasteiger partial charge in [0.2, 0.25) is 0 Å². The fourth-order valence-corrected chi connectivity index (χ4v) is 5.46. The van der Waals surface area contributed by atoms with Gasteiger partial charge in [0.15, 0.2) is 5.65 Å². The fraction of sp³-hybridized carbons (Fsp3) is 0.333. The van der Waals surface area contributed by atoms with Gasteiger partial charge >= 0.3 is 6.36 Å². The second-order valence-electron chi connectivity index (χ2n) is 11.6. The molecule has 5 rings (SSSR count). The van der Waals surface area contributed by atoms with Crippen LogP contribution in [0.1, 0.15) is 15.9 Å².